The molecule has 0 saturated carbocycles. The number of esters is 3. The number of unbranched alkanes of at least 4 members (excludes halogenated alkanes) is 24. The summed E-state index contributed by atoms with van der Waals surface area (Å²) in [6.45, 7) is 6.52. The highest BCUT2D eigenvalue weighted by Gasteiger charge is 2.19. The third-order valence-electron chi connectivity index (χ3n) is 11.2. The maximum atomic E-state index is 12.8. The Labute approximate surface area is 389 Å². The van der Waals surface area contributed by atoms with Gasteiger partial charge in [0.05, 0.1) is 0 Å². The number of rotatable bonds is 47. The molecule has 0 amide bonds. The zero-order valence-electron chi connectivity index (χ0n) is 41.3. The molecule has 0 bridgehead atoms. The Morgan fingerprint density at radius 2 is 0.587 bits per heavy atom. The first-order valence-electron chi connectivity index (χ1n) is 26.4. The Kier molecular flexibility index (Phi) is 48.9. The van der Waals surface area contributed by atoms with Crippen LogP contribution in [-0.4, -0.2) is 37.2 Å². The van der Waals surface area contributed by atoms with Gasteiger partial charge < -0.3 is 14.2 Å². The van der Waals surface area contributed by atoms with Gasteiger partial charge in [-0.1, -0.05) is 196 Å². The van der Waals surface area contributed by atoms with E-state index >= 15 is 0 Å². The first-order valence-corrected chi connectivity index (χ1v) is 26.4. The molecular weight excluding hydrogens is 781 g/mol. The van der Waals surface area contributed by atoms with E-state index in [1.54, 1.807) is 0 Å². The lowest BCUT2D eigenvalue weighted by molar-refractivity contribution is -0.167. The Morgan fingerprint density at radius 1 is 0.317 bits per heavy atom. The van der Waals surface area contributed by atoms with Crippen molar-refractivity contribution >= 4 is 17.9 Å². The molecule has 0 N–H and O–H groups in total. The van der Waals surface area contributed by atoms with Crippen LogP contribution in [0.3, 0.4) is 0 Å². The molecule has 1 atom stereocenters. The van der Waals surface area contributed by atoms with Crippen molar-refractivity contribution in [2.45, 2.75) is 258 Å². The molecule has 0 radical (unpaired) electrons. The van der Waals surface area contributed by atoms with Crippen molar-refractivity contribution in [2.75, 3.05) is 13.2 Å². The Hall–Kier alpha value is -3.15. The van der Waals surface area contributed by atoms with Gasteiger partial charge in [-0.25, -0.2) is 0 Å². The molecule has 0 aromatic rings. The van der Waals surface area contributed by atoms with Crippen LogP contribution in [0.4, 0.5) is 0 Å². The molecule has 6 nitrogen and oxygen atoms in total. The summed E-state index contributed by atoms with van der Waals surface area (Å²) in [7, 11) is 0. The van der Waals surface area contributed by atoms with E-state index in [4.69, 9.17) is 14.2 Å². The molecule has 0 aromatic carbocycles. The van der Waals surface area contributed by atoms with Crippen molar-refractivity contribution in [2.24, 2.45) is 0 Å². The zero-order valence-corrected chi connectivity index (χ0v) is 41.3. The maximum Gasteiger partial charge on any atom is 0.306 e. The quantitative estimate of drug-likeness (QED) is 0.0262. The SMILES string of the molecule is CCCC/C=C\CCCCCCCC(=O)OC[C@@H](COC(=O)CCCCC/C=C\C/C=C\C/C=C\C/C=C\CCCCC)OC(=O)CCCCCCCCC/C=C\CCCCCC. The molecule has 0 rings (SSSR count). The molecule has 0 spiro atoms. The van der Waals surface area contributed by atoms with Crippen LogP contribution in [0.25, 0.3) is 0 Å². The lowest BCUT2D eigenvalue weighted by Gasteiger charge is -2.18. The molecule has 0 unspecified atom stereocenters. The summed E-state index contributed by atoms with van der Waals surface area (Å²) in [5.41, 5.74) is 0. The standard InChI is InChI=1S/C57H98O6/c1-4-7-10-13-16-19-22-24-26-27-28-29-31-32-35-38-41-44-47-50-56(59)62-53-54(52-61-55(58)49-46-43-40-37-34-21-18-15-12-9-6-3)63-57(60)51-48-45-42-39-36-33-30-25-23-20-17-14-11-8-5-2/h15-16,18-20,23-24,26,28-29,32,35,54H,4-14,17,21-22,25,27,30-31,33-34,36-53H2,1-3H3/b18-15-,19-16-,23-20-,26-24-,29-28-,35-32-/t54-/m0/s1. The Balaban J connectivity index is 4.43. The summed E-state index contributed by atoms with van der Waals surface area (Å²) in [4.78, 5) is 38.0. The zero-order chi connectivity index (χ0) is 45.8. The first-order chi connectivity index (χ1) is 31.0. The second-order valence-corrected chi connectivity index (χ2v) is 17.4. The molecule has 0 fully saturated rings. The Morgan fingerprint density at radius 3 is 1.00 bits per heavy atom. The number of carbonyl (C=O) groups is 3. The van der Waals surface area contributed by atoms with Crippen molar-refractivity contribution in [1.82, 2.24) is 0 Å². The van der Waals surface area contributed by atoms with E-state index in [2.05, 4.69) is 93.7 Å². The second-order valence-electron chi connectivity index (χ2n) is 17.4. The molecule has 0 aliphatic carbocycles. The van der Waals surface area contributed by atoms with Gasteiger partial charge in [0.2, 0.25) is 0 Å². The summed E-state index contributed by atoms with van der Waals surface area (Å²) in [5.74, 6) is -0.936. The minimum absolute atomic E-state index is 0.0919. The van der Waals surface area contributed by atoms with Crippen LogP contribution < -0.4 is 0 Å². The smallest absolute Gasteiger partial charge is 0.306 e. The molecule has 0 saturated heterocycles. The van der Waals surface area contributed by atoms with E-state index in [0.717, 1.165) is 89.9 Å². The average Bonchev–Trinajstić information content (AvgIpc) is 3.28. The highest BCUT2D eigenvalue weighted by molar-refractivity contribution is 5.71. The second kappa shape index (κ2) is 51.5. The molecule has 0 aromatic heterocycles. The number of carbonyl (C=O) groups excluding carboxylic acids is 3. The van der Waals surface area contributed by atoms with Crippen LogP contribution in [0.15, 0.2) is 72.9 Å². The molecule has 0 aliphatic rings. The van der Waals surface area contributed by atoms with Crippen LogP contribution in [0, 0.1) is 0 Å². The van der Waals surface area contributed by atoms with Gasteiger partial charge in [-0.05, 0) is 109 Å². The van der Waals surface area contributed by atoms with Crippen LogP contribution in [0.2, 0.25) is 0 Å². The van der Waals surface area contributed by atoms with E-state index in [-0.39, 0.29) is 31.1 Å². The van der Waals surface area contributed by atoms with Gasteiger partial charge in [-0.2, -0.15) is 0 Å². The Bertz CT molecular complexity index is 1190. The highest BCUT2D eigenvalue weighted by atomic mass is 16.6. The van der Waals surface area contributed by atoms with Crippen molar-refractivity contribution in [1.29, 1.82) is 0 Å². The minimum atomic E-state index is -0.793. The molecule has 63 heavy (non-hydrogen) atoms. The predicted molar refractivity (Wildman–Crippen MR) is 270 cm³/mol. The topological polar surface area (TPSA) is 78.9 Å². The highest BCUT2D eigenvalue weighted by Crippen LogP contribution is 2.14. The molecule has 0 aliphatic heterocycles. The lowest BCUT2D eigenvalue weighted by Crippen LogP contribution is -2.30. The first kappa shape index (κ1) is 59.9. The fourth-order valence-electron chi connectivity index (χ4n) is 7.11. The van der Waals surface area contributed by atoms with Crippen molar-refractivity contribution in [3.8, 4) is 0 Å². The fraction of sp³-hybridized carbons (Fsp3) is 0.737. The van der Waals surface area contributed by atoms with Gasteiger partial charge in [0.15, 0.2) is 6.10 Å². The number of allylic oxidation sites excluding steroid dienone is 12. The van der Waals surface area contributed by atoms with Crippen LogP contribution >= 0.6 is 0 Å². The summed E-state index contributed by atoms with van der Waals surface area (Å²) in [5, 5.41) is 0. The van der Waals surface area contributed by atoms with E-state index < -0.39 is 6.10 Å². The van der Waals surface area contributed by atoms with E-state index in [1.807, 2.05) is 0 Å². The van der Waals surface area contributed by atoms with Gasteiger partial charge in [0.25, 0.3) is 0 Å². The van der Waals surface area contributed by atoms with Gasteiger partial charge in [-0.3, -0.25) is 14.4 Å². The minimum Gasteiger partial charge on any atom is -0.462 e. The summed E-state index contributed by atoms with van der Waals surface area (Å²) < 4.78 is 16.8. The van der Waals surface area contributed by atoms with E-state index in [9.17, 15) is 14.4 Å². The predicted octanol–water partition coefficient (Wildman–Crippen LogP) is 17.4. The van der Waals surface area contributed by atoms with Gasteiger partial charge >= 0.3 is 17.9 Å². The van der Waals surface area contributed by atoms with Crippen LogP contribution in [0.1, 0.15) is 252 Å². The third kappa shape index (κ3) is 49.7. The van der Waals surface area contributed by atoms with E-state index in [0.29, 0.717) is 19.3 Å². The number of hydrogen-bond donors (Lipinski definition) is 0. The fourth-order valence-corrected chi connectivity index (χ4v) is 7.11. The summed E-state index contributed by atoms with van der Waals surface area (Å²) >= 11 is 0. The van der Waals surface area contributed by atoms with Crippen molar-refractivity contribution in [3.63, 3.8) is 0 Å². The summed E-state index contributed by atoms with van der Waals surface area (Å²) in [6.07, 6.45) is 64.5. The van der Waals surface area contributed by atoms with Crippen molar-refractivity contribution < 1.29 is 28.6 Å². The molecule has 6 heteroatoms. The monoisotopic (exact) mass is 879 g/mol. The molecule has 362 valence electrons. The van der Waals surface area contributed by atoms with Crippen LogP contribution in [-0.2, 0) is 28.6 Å². The molecular formula is C57H98O6. The molecule has 0 heterocycles. The van der Waals surface area contributed by atoms with Gasteiger partial charge in [0.1, 0.15) is 13.2 Å². The summed E-state index contributed by atoms with van der Waals surface area (Å²) in [6, 6.07) is 0. The van der Waals surface area contributed by atoms with Crippen molar-refractivity contribution in [3.05, 3.63) is 72.9 Å². The van der Waals surface area contributed by atoms with Gasteiger partial charge in [0, 0.05) is 19.3 Å². The third-order valence-corrected chi connectivity index (χ3v) is 11.2. The average molecular weight is 879 g/mol. The van der Waals surface area contributed by atoms with Gasteiger partial charge in [-0.15, -0.1) is 0 Å². The van der Waals surface area contributed by atoms with E-state index in [1.165, 1.54) is 122 Å². The number of ether oxygens (including phenoxy) is 3. The number of hydrogen-bond acceptors (Lipinski definition) is 6. The largest absolute Gasteiger partial charge is 0.462 e. The lowest BCUT2D eigenvalue weighted by atomic mass is 10.1. The van der Waals surface area contributed by atoms with Crippen LogP contribution in [0.5, 0.6) is 0 Å². The normalized spacial score (nSPS) is 12.6. The maximum absolute atomic E-state index is 12.8.